The summed E-state index contributed by atoms with van der Waals surface area (Å²) in [7, 11) is 0. The summed E-state index contributed by atoms with van der Waals surface area (Å²) < 4.78 is 41.3. The SMILES string of the molecule is OC1Nc2cc(CCl)ccc2C(C#CC2CC2)(C(F)(F)F)N1. The highest BCUT2D eigenvalue weighted by molar-refractivity contribution is 6.17. The van der Waals surface area contributed by atoms with Crippen molar-refractivity contribution in [3.63, 3.8) is 0 Å². The van der Waals surface area contributed by atoms with Crippen molar-refractivity contribution in [3.05, 3.63) is 29.3 Å². The van der Waals surface area contributed by atoms with Gasteiger partial charge in [-0.15, -0.1) is 11.6 Å². The Morgan fingerprint density at radius 1 is 1.36 bits per heavy atom. The Balaban J connectivity index is 2.16. The number of hydrogen-bond donors (Lipinski definition) is 3. The van der Waals surface area contributed by atoms with Gasteiger partial charge in [-0.3, -0.25) is 0 Å². The fourth-order valence-electron chi connectivity index (χ4n) is 2.43. The molecule has 3 rings (SSSR count). The molecule has 1 saturated carbocycles. The van der Waals surface area contributed by atoms with Gasteiger partial charge in [-0.05, 0) is 24.5 Å². The molecule has 1 heterocycles. The van der Waals surface area contributed by atoms with E-state index in [2.05, 4.69) is 22.5 Å². The van der Waals surface area contributed by atoms with E-state index in [0.717, 1.165) is 12.8 Å². The van der Waals surface area contributed by atoms with Crippen LogP contribution in [0.5, 0.6) is 0 Å². The van der Waals surface area contributed by atoms with E-state index >= 15 is 0 Å². The lowest BCUT2D eigenvalue weighted by Gasteiger charge is -2.40. The first-order chi connectivity index (χ1) is 10.4. The number of anilines is 1. The molecule has 3 N–H and O–H groups in total. The van der Waals surface area contributed by atoms with Crippen LogP contribution < -0.4 is 10.6 Å². The van der Waals surface area contributed by atoms with E-state index in [0.29, 0.717) is 5.56 Å². The molecule has 1 aliphatic heterocycles. The van der Waals surface area contributed by atoms with Crippen LogP contribution in [0, 0.1) is 17.8 Å². The first kappa shape index (κ1) is 15.5. The Labute approximate surface area is 130 Å². The fraction of sp³-hybridized carbons (Fsp3) is 0.467. The summed E-state index contributed by atoms with van der Waals surface area (Å²) in [6, 6.07) is 4.39. The minimum atomic E-state index is -4.67. The lowest BCUT2D eigenvalue weighted by molar-refractivity contribution is -0.190. The van der Waals surface area contributed by atoms with Gasteiger partial charge in [-0.25, -0.2) is 5.32 Å². The van der Waals surface area contributed by atoms with Crippen LogP contribution >= 0.6 is 11.6 Å². The van der Waals surface area contributed by atoms with E-state index in [4.69, 9.17) is 11.6 Å². The Bertz CT molecular complexity index is 648. The number of nitrogens with one attached hydrogen (secondary N) is 2. The van der Waals surface area contributed by atoms with E-state index in [1.807, 2.05) is 0 Å². The summed E-state index contributed by atoms with van der Waals surface area (Å²) in [5.41, 5.74) is -1.78. The van der Waals surface area contributed by atoms with Crippen LogP contribution in [0.3, 0.4) is 0 Å². The molecule has 0 spiro atoms. The number of hydrogen-bond acceptors (Lipinski definition) is 3. The van der Waals surface area contributed by atoms with Gasteiger partial charge in [0.1, 0.15) is 0 Å². The third-order valence-corrected chi connectivity index (χ3v) is 4.06. The first-order valence-electron chi connectivity index (χ1n) is 6.87. The van der Waals surface area contributed by atoms with Gasteiger partial charge in [0.2, 0.25) is 5.54 Å². The number of aliphatic hydroxyl groups is 1. The standard InChI is InChI=1S/C15H14ClF3N2O/c16-8-10-3-4-11-12(7-10)20-13(22)21-14(11,15(17,18)19)6-5-9-1-2-9/h3-4,7,9,13,20-22H,1-2,8H2. The van der Waals surface area contributed by atoms with E-state index < -0.39 is 18.1 Å². The molecule has 2 unspecified atom stereocenters. The lowest BCUT2D eigenvalue weighted by atomic mass is 9.85. The van der Waals surface area contributed by atoms with E-state index in [1.165, 1.54) is 18.2 Å². The summed E-state index contributed by atoms with van der Waals surface area (Å²) >= 11 is 5.72. The van der Waals surface area contributed by atoms with Crippen LogP contribution in [-0.2, 0) is 11.4 Å². The molecule has 7 heteroatoms. The molecule has 2 aliphatic rings. The normalized spacial score (nSPS) is 27.4. The average Bonchev–Trinajstić information content (AvgIpc) is 3.26. The molecule has 22 heavy (non-hydrogen) atoms. The summed E-state index contributed by atoms with van der Waals surface area (Å²) in [5, 5.41) is 14.5. The molecule has 0 aromatic heterocycles. The van der Waals surface area contributed by atoms with Crippen LogP contribution in [0.15, 0.2) is 18.2 Å². The number of aliphatic hydroxyl groups excluding tert-OH is 1. The van der Waals surface area contributed by atoms with Crippen molar-refractivity contribution >= 4 is 17.3 Å². The number of benzene rings is 1. The van der Waals surface area contributed by atoms with Gasteiger partial charge in [0.05, 0.1) is 0 Å². The highest BCUT2D eigenvalue weighted by Crippen LogP contribution is 2.45. The van der Waals surface area contributed by atoms with Crippen molar-refractivity contribution in [1.29, 1.82) is 0 Å². The predicted octanol–water partition coefficient (Wildman–Crippen LogP) is 2.89. The minimum absolute atomic E-state index is 0.0126. The van der Waals surface area contributed by atoms with Crippen molar-refractivity contribution in [1.82, 2.24) is 5.32 Å². The van der Waals surface area contributed by atoms with Crippen LogP contribution in [-0.4, -0.2) is 17.6 Å². The molecular weight excluding hydrogens is 317 g/mol. The summed E-state index contributed by atoms with van der Waals surface area (Å²) in [4.78, 5) is 0. The molecule has 1 aliphatic carbocycles. The van der Waals surface area contributed by atoms with Gasteiger partial charge < -0.3 is 10.4 Å². The summed E-state index contributed by atoms with van der Waals surface area (Å²) in [6.45, 7) is 0. The maximum atomic E-state index is 13.8. The van der Waals surface area contributed by atoms with Gasteiger partial charge >= 0.3 is 6.18 Å². The Morgan fingerprint density at radius 3 is 2.68 bits per heavy atom. The van der Waals surface area contributed by atoms with Gasteiger partial charge in [-0.2, -0.15) is 13.2 Å². The molecular formula is C15H14ClF3N2O. The van der Waals surface area contributed by atoms with E-state index in [1.54, 1.807) is 0 Å². The zero-order valence-electron chi connectivity index (χ0n) is 11.5. The van der Waals surface area contributed by atoms with Crippen molar-refractivity contribution in [3.8, 4) is 11.8 Å². The van der Waals surface area contributed by atoms with Gasteiger partial charge in [-0.1, -0.05) is 24.0 Å². The zero-order chi connectivity index (χ0) is 16.0. The largest absolute Gasteiger partial charge is 0.422 e. The Kier molecular flexibility index (Phi) is 3.76. The zero-order valence-corrected chi connectivity index (χ0v) is 12.2. The van der Waals surface area contributed by atoms with Crippen LogP contribution in [0.1, 0.15) is 24.0 Å². The Hall–Kier alpha value is -1.42. The van der Waals surface area contributed by atoms with Crippen LogP contribution in [0.25, 0.3) is 0 Å². The van der Waals surface area contributed by atoms with Crippen molar-refractivity contribution < 1.29 is 18.3 Å². The first-order valence-corrected chi connectivity index (χ1v) is 7.40. The summed E-state index contributed by atoms with van der Waals surface area (Å²) in [6.07, 6.45) is -4.58. The Morgan fingerprint density at radius 2 is 2.09 bits per heavy atom. The number of halogens is 4. The smallest absolute Gasteiger partial charge is 0.361 e. The molecule has 1 aromatic carbocycles. The van der Waals surface area contributed by atoms with Gasteiger partial charge in [0.15, 0.2) is 6.35 Å². The molecule has 0 radical (unpaired) electrons. The quantitative estimate of drug-likeness (QED) is 0.548. The number of alkyl halides is 4. The van der Waals surface area contributed by atoms with E-state index in [9.17, 15) is 18.3 Å². The second kappa shape index (κ2) is 5.34. The fourth-order valence-corrected chi connectivity index (χ4v) is 2.60. The molecule has 0 amide bonds. The monoisotopic (exact) mass is 330 g/mol. The molecule has 1 fully saturated rings. The topological polar surface area (TPSA) is 44.3 Å². The average molecular weight is 331 g/mol. The summed E-state index contributed by atoms with van der Waals surface area (Å²) in [5.74, 6) is 5.19. The maximum Gasteiger partial charge on any atom is 0.422 e. The predicted molar refractivity (Wildman–Crippen MR) is 77.0 cm³/mol. The third kappa shape index (κ3) is 2.65. The minimum Gasteiger partial charge on any atom is -0.361 e. The third-order valence-electron chi connectivity index (χ3n) is 3.75. The van der Waals surface area contributed by atoms with Crippen LogP contribution in [0.4, 0.5) is 18.9 Å². The van der Waals surface area contributed by atoms with Gasteiger partial charge in [0, 0.05) is 23.0 Å². The number of fused-ring (bicyclic) bond motifs is 1. The van der Waals surface area contributed by atoms with Crippen molar-refractivity contribution in [2.75, 3.05) is 5.32 Å². The van der Waals surface area contributed by atoms with Gasteiger partial charge in [0.25, 0.3) is 0 Å². The second-order valence-corrected chi connectivity index (χ2v) is 5.76. The molecule has 0 bridgehead atoms. The number of rotatable bonds is 1. The lowest BCUT2D eigenvalue weighted by Crippen LogP contribution is -2.61. The van der Waals surface area contributed by atoms with E-state index in [-0.39, 0.29) is 23.0 Å². The maximum absolute atomic E-state index is 13.8. The molecule has 0 saturated heterocycles. The molecule has 2 atom stereocenters. The second-order valence-electron chi connectivity index (χ2n) is 5.50. The molecule has 1 aromatic rings. The molecule has 118 valence electrons. The highest BCUT2D eigenvalue weighted by Gasteiger charge is 2.59. The molecule has 3 nitrogen and oxygen atoms in total. The van der Waals surface area contributed by atoms with Crippen molar-refractivity contribution in [2.24, 2.45) is 5.92 Å². The van der Waals surface area contributed by atoms with Crippen LogP contribution in [0.2, 0.25) is 0 Å². The van der Waals surface area contributed by atoms with Crippen molar-refractivity contribution in [2.45, 2.75) is 36.8 Å². The highest BCUT2D eigenvalue weighted by atomic mass is 35.5.